The first-order valence-electron chi connectivity index (χ1n) is 5.16. The first kappa shape index (κ1) is 11.0. The maximum atomic E-state index is 5.22. The van der Waals surface area contributed by atoms with Crippen LogP contribution in [0.1, 0.15) is 32.6 Å². The first-order chi connectivity index (χ1) is 6.17. The van der Waals surface area contributed by atoms with E-state index in [-0.39, 0.29) is 5.54 Å². The number of nitrogens with two attached hydrogens (primary N) is 1. The van der Waals surface area contributed by atoms with Gasteiger partial charge in [-0.1, -0.05) is 19.8 Å². The zero-order chi connectivity index (χ0) is 9.90. The highest BCUT2D eigenvalue weighted by Gasteiger charge is 2.43. The topological polar surface area (TPSA) is 38.5 Å². The fraction of sp³-hybridized carbons (Fsp3) is 1.00. The largest absolute Gasteiger partial charge is 0.303 e. The van der Waals surface area contributed by atoms with E-state index >= 15 is 0 Å². The van der Waals surface area contributed by atoms with E-state index in [1.165, 1.54) is 25.7 Å². The highest BCUT2D eigenvalue weighted by molar-refractivity contribution is 4.98. The van der Waals surface area contributed by atoms with Gasteiger partial charge in [-0.3, -0.25) is 0 Å². The second-order valence-electron chi connectivity index (χ2n) is 4.31. The average molecular weight is 186 g/mol. The van der Waals surface area contributed by atoms with Crippen LogP contribution in [0.3, 0.4) is 0 Å². The predicted octanol–water partition coefficient (Wildman–Crippen LogP) is 1.39. The van der Waals surface area contributed by atoms with Crippen molar-refractivity contribution in [1.82, 2.24) is 4.90 Å². The number of hydrogen-bond donors (Lipinski definition) is 1. The summed E-state index contributed by atoms with van der Waals surface area (Å²) in [6, 6.07) is 0. The van der Waals surface area contributed by atoms with Gasteiger partial charge in [0.2, 0.25) is 0 Å². The molecule has 1 saturated carbocycles. The molecule has 0 spiro atoms. The molecule has 0 radical (unpaired) electrons. The lowest BCUT2D eigenvalue weighted by atomic mass is 9.85. The highest BCUT2D eigenvalue weighted by Crippen LogP contribution is 2.41. The van der Waals surface area contributed by atoms with E-state index in [9.17, 15) is 0 Å². The third-order valence-electron chi connectivity index (χ3n) is 3.64. The van der Waals surface area contributed by atoms with Gasteiger partial charge in [-0.2, -0.15) is 0 Å². The van der Waals surface area contributed by atoms with Crippen molar-refractivity contribution in [2.75, 3.05) is 20.7 Å². The monoisotopic (exact) mass is 186 g/mol. The van der Waals surface area contributed by atoms with E-state index in [0.717, 1.165) is 5.92 Å². The number of rotatable bonds is 4. The van der Waals surface area contributed by atoms with Crippen molar-refractivity contribution in [2.45, 2.75) is 38.1 Å². The molecule has 1 rings (SSSR count). The summed E-state index contributed by atoms with van der Waals surface area (Å²) in [5.74, 6) is 5.96. The van der Waals surface area contributed by atoms with Crippen LogP contribution in [0, 0.1) is 5.92 Å². The molecular formula is C10H22N2O. The molecule has 3 heteroatoms. The summed E-state index contributed by atoms with van der Waals surface area (Å²) < 4.78 is 0. The lowest BCUT2D eigenvalue weighted by Crippen LogP contribution is -2.51. The Morgan fingerprint density at radius 2 is 2.23 bits per heavy atom. The van der Waals surface area contributed by atoms with Crippen molar-refractivity contribution in [2.24, 2.45) is 11.8 Å². The van der Waals surface area contributed by atoms with Crippen molar-refractivity contribution in [3.05, 3.63) is 0 Å². The lowest BCUT2D eigenvalue weighted by Gasteiger charge is -2.40. The molecule has 2 atom stereocenters. The third-order valence-corrected chi connectivity index (χ3v) is 3.64. The van der Waals surface area contributed by atoms with Crippen LogP contribution >= 0.6 is 0 Å². The molecule has 1 aliphatic rings. The van der Waals surface area contributed by atoms with Crippen molar-refractivity contribution in [3.8, 4) is 0 Å². The summed E-state index contributed by atoms with van der Waals surface area (Å²) in [4.78, 5) is 7.17. The Morgan fingerprint density at radius 1 is 1.54 bits per heavy atom. The molecule has 0 aromatic rings. The minimum atomic E-state index is 0.198. The zero-order valence-corrected chi connectivity index (χ0v) is 9.05. The lowest BCUT2D eigenvalue weighted by molar-refractivity contribution is -0.00967. The van der Waals surface area contributed by atoms with Gasteiger partial charge in [0.15, 0.2) is 0 Å². The van der Waals surface area contributed by atoms with Gasteiger partial charge in [0.05, 0.1) is 6.61 Å². The molecule has 2 unspecified atom stereocenters. The zero-order valence-electron chi connectivity index (χ0n) is 9.05. The fourth-order valence-electron chi connectivity index (χ4n) is 2.76. The molecule has 3 nitrogen and oxygen atoms in total. The van der Waals surface area contributed by atoms with Crippen LogP contribution < -0.4 is 5.90 Å². The van der Waals surface area contributed by atoms with Crippen LogP contribution in [0.25, 0.3) is 0 Å². The standard InChI is InChI=1S/C10H22N2O/c1-4-9-6-5-7-10(9,8-13-11)12(2)3/h9H,4-8,11H2,1-3H3. The molecular weight excluding hydrogens is 164 g/mol. The predicted molar refractivity (Wildman–Crippen MR) is 54.2 cm³/mol. The van der Waals surface area contributed by atoms with Gasteiger partial charge in [-0.15, -0.1) is 0 Å². The van der Waals surface area contributed by atoms with Crippen LogP contribution in [0.4, 0.5) is 0 Å². The summed E-state index contributed by atoms with van der Waals surface area (Å²) >= 11 is 0. The molecule has 13 heavy (non-hydrogen) atoms. The van der Waals surface area contributed by atoms with Crippen molar-refractivity contribution in [1.29, 1.82) is 0 Å². The van der Waals surface area contributed by atoms with E-state index in [1.54, 1.807) is 0 Å². The van der Waals surface area contributed by atoms with Crippen LogP contribution in [0.15, 0.2) is 0 Å². The number of nitrogens with zero attached hydrogens (tertiary/aromatic N) is 1. The number of likely N-dealkylation sites (N-methyl/N-ethyl adjacent to an activating group) is 1. The number of hydrogen-bond acceptors (Lipinski definition) is 3. The summed E-state index contributed by atoms with van der Waals surface area (Å²) in [5, 5.41) is 0. The van der Waals surface area contributed by atoms with E-state index in [4.69, 9.17) is 10.7 Å². The Kier molecular flexibility index (Phi) is 3.71. The average Bonchev–Trinajstić information content (AvgIpc) is 2.49. The molecule has 0 amide bonds. The Bertz CT molecular complexity index is 161. The molecule has 78 valence electrons. The summed E-state index contributed by atoms with van der Waals surface area (Å²) in [6.07, 6.45) is 5.06. The fourth-order valence-corrected chi connectivity index (χ4v) is 2.76. The van der Waals surface area contributed by atoms with Gasteiger partial charge in [0, 0.05) is 5.54 Å². The molecule has 1 aliphatic carbocycles. The van der Waals surface area contributed by atoms with E-state index in [0.29, 0.717) is 6.61 Å². The highest BCUT2D eigenvalue weighted by atomic mass is 16.6. The molecule has 2 N–H and O–H groups in total. The Labute approximate surface area is 81.2 Å². The van der Waals surface area contributed by atoms with Crippen molar-refractivity contribution in [3.63, 3.8) is 0 Å². The Morgan fingerprint density at radius 3 is 2.69 bits per heavy atom. The molecule has 0 heterocycles. The van der Waals surface area contributed by atoms with Gasteiger partial charge in [-0.05, 0) is 32.9 Å². The minimum absolute atomic E-state index is 0.198. The Hall–Kier alpha value is -0.120. The van der Waals surface area contributed by atoms with Crippen LogP contribution in [0.2, 0.25) is 0 Å². The van der Waals surface area contributed by atoms with Crippen LogP contribution in [-0.4, -0.2) is 31.1 Å². The summed E-state index contributed by atoms with van der Waals surface area (Å²) in [7, 11) is 4.26. The second-order valence-corrected chi connectivity index (χ2v) is 4.31. The molecule has 0 aliphatic heterocycles. The third kappa shape index (κ3) is 1.87. The quantitative estimate of drug-likeness (QED) is 0.674. The van der Waals surface area contributed by atoms with E-state index < -0.39 is 0 Å². The molecule has 0 saturated heterocycles. The van der Waals surface area contributed by atoms with Gasteiger partial charge in [0.1, 0.15) is 0 Å². The summed E-state index contributed by atoms with van der Waals surface area (Å²) in [5.41, 5.74) is 0.198. The molecule has 0 bridgehead atoms. The maximum Gasteiger partial charge on any atom is 0.0865 e. The molecule has 0 aromatic carbocycles. The smallest absolute Gasteiger partial charge is 0.0865 e. The van der Waals surface area contributed by atoms with Crippen LogP contribution in [0.5, 0.6) is 0 Å². The van der Waals surface area contributed by atoms with E-state index in [1.807, 2.05) is 0 Å². The minimum Gasteiger partial charge on any atom is -0.303 e. The van der Waals surface area contributed by atoms with Gasteiger partial charge in [0.25, 0.3) is 0 Å². The van der Waals surface area contributed by atoms with Gasteiger partial charge in [-0.25, -0.2) is 5.90 Å². The van der Waals surface area contributed by atoms with E-state index in [2.05, 4.69) is 25.9 Å². The van der Waals surface area contributed by atoms with Crippen molar-refractivity contribution < 1.29 is 4.84 Å². The maximum absolute atomic E-state index is 5.22. The van der Waals surface area contributed by atoms with Crippen LogP contribution in [-0.2, 0) is 4.84 Å². The Balaban J connectivity index is 2.75. The molecule has 1 fully saturated rings. The second kappa shape index (κ2) is 4.40. The normalized spacial score (nSPS) is 34.4. The first-order valence-corrected chi connectivity index (χ1v) is 5.16. The van der Waals surface area contributed by atoms with Gasteiger partial charge >= 0.3 is 0 Å². The van der Waals surface area contributed by atoms with Crippen molar-refractivity contribution >= 4 is 0 Å². The van der Waals surface area contributed by atoms with Gasteiger partial charge < -0.3 is 9.74 Å². The molecule has 0 aromatic heterocycles. The summed E-state index contributed by atoms with van der Waals surface area (Å²) in [6.45, 7) is 2.92. The SMILES string of the molecule is CCC1CCCC1(CON)N(C)C.